The van der Waals surface area contributed by atoms with Gasteiger partial charge in [-0.05, 0) is 68.6 Å². The third kappa shape index (κ3) is 5.81. The van der Waals surface area contributed by atoms with Gasteiger partial charge in [-0.15, -0.1) is 0 Å². The summed E-state index contributed by atoms with van der Waals surface area (Å²) in [7, 11) is 3.81. The van der Waals surface area contributed by atoms with E-state index in [0.717, 1.165) is 43.0 Å². The molecule has 35 heavy (non-hydrogen) atoms. The number of hydrogen-bond donors (Lipinski definition) is 1. The monoisotopic (exact) mass is 472 g/mol. The number of benzene rings is 3. The molecule has 3 aromatic carbocycles. The van der Waals surface area contributed by atoms with Crippen molar-refractivity contribution in [3.8, 4) is 5.75 Å². The number of amides is 2. The first kappa shape index (κ1) is 24.3. The van der Waals surface area contributed by atoms with E-state index >= 15 is 0 Å². The highest BCUT2D eigenvalue weighted by Crippen LogP contribution is 2.23. The molecule has 182 valence electrons. The van der Waals surface area contributed by atoms with Crippen LogP contribution >= 0.6 is 0 Å². The summed E-state index contributed by atoms with van der Waals surface area (Å²) in [5.41, 5.74) is 10.3. The van der Waals surface area contributed by atoms with Gasteiger partial charge in [0.15, 0.2) is 0 Å². The molecule has 0 atom stereocenters. The van der Waals surface area contributed by atoms with Crippen LogP contribution in [0.4, 0.5) is 11.4 Å². The van der Waals surface area contributed by atoms with Crippen LogP contribution in [0, 0.1) is 6.92 Å². The Morgan fingerprint density at radius 3 is 2.26 bits per heavy atom. The van der Waals surface area contributed by atoms with Crippen molar-refractivity contribution in [2.45, 2.75) is 13.5 Å². The number of piperazine rings is 1. The van der Waals surface area contributed by atoms with Gasteiger partial charge in [-0.1, -0.05) is 17.7 Å². The van der Waals surface area contributed by atoms with Crippen molar-refractivity contribution in [2.24, 2.45) is 0 Å². The molecular formula is C28H32N4O3. The number of aryl methyl sites for hydroxylation is 1. The first-order valence-corrected chi connectivity index (χ1v) is 11.8. The van der Waals surface area contributed by atoms with Gasteiger partial charge in [0, 0.05) is 61.3 Å². The summed E-state index contributed by atoms with van der Waals surface area (Å²) >= 11 is 0. The molecule has 0 radical (unpaired) electrons. The number of nitrogens with zero attached hydrogens (tertiary/aromatic N) is 3. The summed E-state index contributed by atoms with van der Waals surface area (Å²) in [6, 6.07) is 20.1. The first-order chi connectivity index (χ1) is 16.8. The molecular weight excluding hydrogens is 440 g/mol. The summed E-state index contributed by atoms with van der Waals surface area (Å²) in [6.45, 7) is 5.50. The van der Waals surface area contributed by atoms with Crippen LogP contribution in [0.3, 0.4) is 0 Å². The van der Waals surface area contributed by atoms with Crippen LogP contribution < -0.4 is 15.4 Å². The zero-order chi connectivity index (χ0) is 24.9. The van der Waals surface area contributed by atoms with Gasteiger partial charge in [-0.2, -0.15) is 0 Å². The molecule has 0 aromatic heterocycles. The Balaban J connectivity index is 1.42. The Morgan fingerprint density at radius 2 is 1.60 bits per heavy atom. The molecule has 2 amide bonds. The van der Waals surface area contributed by atoms with Crippen molar-refractivity contribution < 1.29 is 14.3 Å². The summed E-state index contributed by atoms with van der Waals surface area (Å²) in [5, 5.41) is 0. The Morgan fingerprint density at radius 1 is 0.943 bits per heavy atom. The molecule has 0 spiro atoms. The predicted molar refractivity (Wildman–Crippen MR) is 139 cm³/mol. The number of likely N-dealkylation sites (N-methyl/N-ethyl adjacent to an activating group) is 1. The number of ether oxygens (including phenoxy) is 1. The fourth-order valence-electron chi connectivity index (χ4n) is 4.06. The van der Waals surface area contributed by atoms with Crippen LogP contribution in [0.2, 0.25) is 0 Å². The Labute approximate surface area is 206 Å². The van der Waals surface area contributed by atoms with E-state index in [9.17, 15) is 9.59 Å². The summed E-state index contributed by atoms with van der Waals surface area (Å²) in [6.07, 6.45) is 0. The second-order valence-electron chi connectivity index (χ2n) is 9.02. The minimum Gasteiger partial charge on any atom is -0.489 e. The topological polar surface area (TPSA) is 79.1 Å². The lowest BCUT2D eigenvalue weighted by molar-refractivity contribution is 0.0661. The average molecular weight is 473 g/mol. The van der Waals surface area contributed by atoms with Crippen LogP contribution in [-0.2, 0) is 6.61 Å². The molecule has 1 saturated heterocycles. The van der Waals surface area contributed by atoms with Crippen LogP contribution in [-0.4, -0.2) is 61.9 Å². The molecule has 2 N–H and O–H groups in total. The number of anilines is 2. The van der Waals surface area contributed by atoms with E-state index in [1.807, 2.05) is 54.3 Å². The van der Waals surface area contributed by atoms with Crippen molar-refractivity contribution in [3.63, 3.8) is 0 Å². The van der Waals surface area contributed by atoms with Gasteiger partial charge < -0.3 is 25.2 Å². The SMILES string of the molecule is Cc1ccc(COc2ccc(N(C)C(=O)c3ccc(N)cc3)cc2)c(C(=O)N2CCN(C)CC2)c1. The largest absolute Gasteiger partial charge is 0.489 e. The van der Waals surface area contributed by atoms with Crippen molar-refractivity contribution >= 4 is 23.2 Å². The quantitative estimate of drug-likeness (QED) is 0.552. The lowest BCUT2D eigenvalue weighted by Crippen LogP contribution is -2.47. The molecule has 7 nitrogen and oxygen atoms in total. The molecule has 0 bridgehead atoms. The molecule has 0 saturated carbocycles. The molecule has 3 aromatic rings. The van der Waals surface area contributed by atoms with E-state index in [4.69, 9.17) is 10.5 Å². The maximum Gasteiger partial charge on any atom is 0.258 e. The van der Waals surface area contributed by atoms with Gasteiger partial charge >= 0.3 is 0 Å². The molecule has 0 unspecified atom stereocenters. The zero-order valence-electron chi connectivity index (χ0n) is 20.5. The molecule has 1 heterocycles. The minimum atomic E-state index is -0.120. The number of nitrogens with two attached hydrogens (primary N) is 1. The third-order valence-corrected chi connectivity index (χ3v) is 6.37. The van der Waals surface area contributed by atoms with Crippen LogP contribution in [0.25, 0.3) is 0 Å². The Bertz CT molecular complexity index is 1180. The second kappa shape index (κ2) is 10.6. The van der Waals surface area contributed by atoms with Gasteiger partial charge in [-0.25, -0.2) is 0 Å². The smallest absolute Gasteiger partial charge is 0.258 e. The molecule has 1 aliphatic rings. The van der Waals surface area contributed by atoms with Gasteiger partial charge in [0.05, 0.1) is 0 Å². The fraction of sp³-hybridized carbons (Fsp3) is 0.286. The molecule has 4 rings (SSSR count). The highest BCUT2D eigenvalue weighted by molar-refractivity contribution is 6.05. The van der Waals surface area contributed by atoms with Gasteiger partial charge in [0.25, 0.3) is 11.8 Å². The molecule has 1 fully saturated rings. The van der Waals surface area contributed by atoms with Crippen molar-refractivity contribution in [1.29, 1.82) is 0 Å². The standard InChI is InChI=1S/C28H32N4O3/c1-20-4-5-22(26(18-20)28(34)32-16-14-30(2)15-17-32)19-35-25-12-10-24(11-13-25)31(3)27(33)21-6-8-23(29)9-7-21/h4-13,18H,14-17,19,29H2,1-3H3. The highest BCUT2D eigenvalue weighted by Gasteiger charge is 2.23. The highest BCUT2D eigenvalue weighted by atomic mass is 16.5. The van der Waals surface area contributed by atoms with E-state index in [-0.39, 0.29) is 18.4 Å². The van der Waals surface area contributed by atoms with Crippen molar-refractivity contribution in [1.82, 2.24) is 9.80 Å². The maximum atomic E-state index is 13.2. The van der Waals surface area contributed by atoms with Crippen LogP contribution in [0.1, 0.15) is 31.8 Å². The first-order valence-electron chi connectivity index (χ1n) is 11.8. The Kier molecular flexibility index (Phi) is 7.36. The van der Waals surface area contributed by atoms with E-state index in [2.05, 4.69) is 11.9 Å². The lowest BCUT2D eigenvalue weighted by atomic mass is 10.0. The Hall–Kier alpha value is -3.84. The summed E-state index contributed by atoms with van der Waals surface area (Å²) in [5.74, 6) is 0.601. The lowest BCUT2D eigenvalue weighted by Gasteiger charge is -2.33. The fourth-order valence-corrected chi connectivity index (χ4v) is 4.06. The number of nitrogen functional groups attached to an aromatic ring is 1. The molecule has 0 aliphatic carbocycles. The summed E-state index contributed by atoms with van der Waals surface area (Å²) < 4.78 is 6.02. The van der Waals surface area contributed by atoms with Crippen LogP contribution in [0.5, 0.6) is 5.75 Å². The minimum absolute atomic E-state index is 0.0542. The zero-order valence-corrected chi connectivity index (χ0v) is 20.5. The maximum absolute atomic E-state index is 13.2. The van der Waals surface area contributed by atoms with Gasteiger partial charge in [0.2, 0.25) is 0 Å². The van der Waals surface area contributed by atoms with E-state index < -0.39 is 0 Å². The van der Waals surface area contributed by atoms with E-state index in [0.29, 0.717) is 22.6 Å². The van der Waals surface area contributed by atoms with E-state index in [1.165, 1.54) is 0 Å². The number of rotatable bonds is 6. The average Bonchev–Trinajstić information content (AvgIpc) is 2.88. The predicted octanol–water partition coefficient (Wildman–Crippen LogP) is 3.82. The number of carbonyl (C=O) groups excluding carboxylic acids is 2. The van der Waals surface area contributed by atoms with Crippen molar-refractivity contribution in [3.05, 3.63) is 89.0 Å². The van der Waals surface area contributed by atoms with Gasteiger partial charge in [0.1, 0.15) is 12.4 Å². The van der Waals surface area contributed by atoms with Crippen LogP contribution in [0.15, 0.2) is 66.7 Å². The summed E-state index contributed by atoms with van der Waals surface area (Å²) in [4.78, 5) is 31.7. The number of hydrogen-bond acceptors (Lipinski definition) is 5. The number of carbonyl (C=O) groups is 2. The van der Waals surface area contributed by atoms with Crippen molar-refractivity contribution in [2.75, 3.05) is 50.9 Å². The van der Waals surface area contributed by atoms with Gasteiger partial charge in [-0.3, -0.25) is 9.59 Å². The molecule has 1 aliphatic heterocycles. The normalized spacial score (nSPS) is 14.0. The second-order valence-corrected chi connectivity index (χ2v) is 9.02. The third-order valence-electron chi connectivity index (χ3n) is 6.37. The van der Waals surface area contributed by atoms with E-state index in [1.54, 1.807) is 36.2 Å². The molecule has 7 heteroatoms.